The summed E-state index contributed by atoms with van der Waals surface area (Å²) in [5.74, 6) is -0.523. The standard InChI is InChI=1S/C25H29N3O6/c1-25(2,3)34-24(32)27(14-11-22(26)30)12-6-13-28(16-29)17-9-10-21-19(15-17)23(31)18-7-4-5-8-20(18)33-21/h4-5,7-10,15-16H,6,11-14H2,1-3H3,(H2,26,30). The number of para-hydroxylation sites is 1. The summed E-state index contributed by atoms with van der Waals surface area (Å²) in [5.41, 5.74) is 5.83. The fraction of sp³-hybridized carbons (Fsp3) is 0.360. The number of rotatable bonds is 9. The van der Waals surface area contributed by atoms with Crippen LogP contribution >= 0.6 is 0 Å². The molecular weight excluding hydrogens is 438 g/mol. The van der Waals surface area contributed by atoms with Crippen molar-refractivity contribution in [2.24, 2.45) is 5.73 Å². The Balaban J connectivity index is 1.75. The van der Waals surface area contributed by atoms with Crippen LogP contribution < -0.4 is 16.1 Å². The molecule has 180 valence electrons. The molecule has 0 bridgehead atoms. The second kappa shape index (κ2) is 10.4. The SMILES string of the molecule is CC(C)(C)OC(=O)N(CCCN(C=O)c1ccc2oc3ccccc3c(=O)c2c1)CCC(N)=O. The van der Waals surface area contributed by atoms with Gasteiger partial charge in [0.15, 0.2) is 0 Å². The van der Waals surface area contributed by atoms with E-state index in [1.54, 1.807) is 63.2 Å². The van der Waals surface area contributed by atoms with Crippen molar-refractivity contribution >= 4 is 46.0 Å². The highest BCUT2D eigenvalue weighted by Crippen LogP contribution is 2.23. The van der Waals surface area contributed by atoms with E-state index in [0.717, 1.165) is 0 Å². The summed E-state index contributed by atoms with van der Waals surface area (Å²) in [7, 11) is 0. The lowest BCUT2D eigenvalue weighted by atomic mass is 10.1. The van der Waals surface area contributed by atoms with Gasteiger partial charge in [0.25, 0.3) is 0 Å². The van der Waals surface area contributed by atoms with Crippen molar-refractivity contribution in [1.82, 2.24) is 4.90 Å². The minimum absolute atomic E-state index is 0.00501. The fourth-order valence-corrected chi connectivity index (χ4v) is 3.51. The zero-order chi connectivity index (χ0) is 24.9. The van der Waals surface area contributed by atoms with Gasteiger partial charge < -0.3 is 24.7 Å². The van der Waals surface area contributed by atoms with Crippen molar-refractivity contribution in [1.29, 1.82) is 0 Å². The summed E-state index contributed by atoms with van der Waals surface area (Å²) in [6.07, 6.45) is 0.540. The molecule has 1 heterocycles. The Bertz CT molecular complexity index is 1260. The highest BCUT2D eigenvalue weighted by molar-refractivity contribution is 5.92. The molecule has 0 aliphatic carbocycles. The quantitative estimate of drug-likeness (QED) is 0.380. The Morgan fingerprint density at radius 2 is 1.74 bits per heavy atom. The smallest absolute Gasteiger partial charge is 0.410 e. The molecule has 0 atom stereocenters. The normalized spacial score (nSPS) is 11.4. The van der Waals surface area contributed by atoms with E-state index >= 15 is 0 Å². The van der Waals surface area contributed by atoms with Gasteiger partial charge in [0.05, 0.1) is 10.8 Å². The summed E-state index contributed by atoms with van der Waals surface area (Å²) in [6.45, 7) is 5.92. The lowest BCUT2D eigenvalue weighted by molar-refractivity contribution is -0.118. The second-order valence-electron chi connectivity index (χ2n) is 8.94. The van der Waals surface area contributed by atoms with Gasteiger partial charge in [-0.2, -0.15) is 0 Å². The predicted octanol–water partition coefficient (Wildman–Crippen LogP) is 3.41. The Labute approximate surface area is 197 Å². The Kier molecular flexibility index (Phi) is 7.55. The van der Waals surface area contributed by atoms with Crippen molar-refractivity contribution in [2.75, 3.05) is 24.5 Å². The number of benzene rings is 2. The largest absolute Gasteiger partial charge is 0.456 e. The number of anilines is 1. The molecule has 0 saturated heterocycles. The lowest BCUT2D eigenvalue weighted by Gasteiger charge is -2.28. The van der Waals surface area contributed by atoms with Crippen molar-refractivity contribution < 1.29 is 23.5 Å². The van der Waals surface area contributed by atoms with Gasteiger partial charge in [0.2, 0.25) is 17.7 Å². The first-order valence-electron chi connectivity index (χ1n) is 11.0. The van der Waals surface area contributed by atoms with E-state index in [9.17, 15) is 19.2 Å². The molecule has 1 aromatic heterocycles. The number of nitrogens with zero attached hydrogens (tertiary/aromatic N) is 2. The van der Waals surface area contributed by atoms with Gasteiger partial charge in [-0.3, -0.25) is 14.4 Å². The van der Waals surface area contributed by atoms with Crippen LogP contribution in [0.4, 0.5) is 10.5 Å². The number of primary amides is 1. The third-order valence-electron chi connectivity index (χ3n) is 5.13. The molecule has 34 heavy (non-hydrogen) atoms. The molecule has 0 aliphatic rings. The molecular formula is C25H29N3O6. The first kappa shape index (κ1) is 24.8. The highest BCUT2D eigenvalue weighted by Gasteiger charge is 2.22. The fourth-order valence-electron chi connectivity index (χ4n) is 3.51. The molecule has 0 unspecified atom stereocenters. The molecule has 0 radical (unpaired) electrons. The van der Waals surface area contributed by atoms with Crippen molar-refractivity contribution in [3.05, 3.63) is 52.7 Å². The maximum absolute atomic E-state index is 12.9. The summed E-state index contributed by atoms with van der Waals surface area (Å²) < 4.78 is 11.2. The second-order valence-corrected chi connectivity index (χ2v) is 8.94. The van der Waals surface area contributed by atoms with Gasteiger partial charge in [-0.25, -0.2) is 4.79 Å². The molecule has 2 N–H and O–H groups in total. The number of nitrogens with two attached hydrogens (primary N) is 1. The average Bonchev–Trinajstić information content (AvgIpc) is 2.77. The van der Waals surface area contributed by atoms with E-state index in [-0.39, 0.29) is 31.5 Å². The molecule has 9 heteroatoms. The number of hydrogen-bond donors (Lipinski definition) is 1. The first-order chi connectivity index (χ1) is 16.1. The van der Waals surface area contributed by atoms with Crippen molar-refractivity contribution in [3.63, 3.8) is 0 Å². The zero-order valence-electron chi connectivity index (χ0n) is 19.6. The number of carbonyl (C=O) groups is 3. The molecule has 0 saturated carbocycles. The molecule has 3 rings (SSSR count). The van der Waals surface area contributed by atoms with Crippen LogP contribution in [0.15, 0.2) is 51.7 Å². The zero-order valence-corrected chi connectivity index (χ0v) is 19.6. The molecule has 9 nitrogen and oxygen atoms in total. The highest BCUT2D eigenvalue weighted by atomic mass is 16.6. The van der Waals surface area contributed by atoms with Crippen LogP contribution in [0.2, 0.25) is 0 Å². The van der Waals surface area contributed by atoms with E-state index in [0.29, 0.717) is 40.5 Å². The van der Waals surface area contributed by atoms with Gasteiger partial charge in [0.1, 0.15) is 16.8 Å². The van der Waals surface area contributed by atoms with Gasteiger partial charge in [-0.05, 0) is 57.5 Å². The van der Waals surface area contributed by atoms with E-state index in [1.807, 2.05) is 0 Å². The van der Waals surface area contributed by atoms with Gasteiger partial charge >= 0.3 is 6.09 Å². The van der Waals surface area contributed by atoms with Crippen LogP contribution in [0.25, 0.3) is 21.9 Å². The number of ether oxygens (including phenoxy) is 1. The van der Waals surface area contributed by atoms with Crippen LogP contribution in [-0.4, -0.2) is 48.5 Å². The van der Waals surface area contributed by atoms with E-state index in [4.69, 9.17) is 14.9 Å². The molecule has 0 fully saturated rings. The van der Waals surface area contributed by atoms with Gasteiger partial charge in [-0.15, -0.1) is 0 Å². The van der Waals surface area contributed by atoms with Gasteiger partial charge in [0, 0.05) is 31.7 Å². The van der Waals surface area contributed by atoms with Crippen LogP contribution in [-0.2, 0) is 14.3 Å². The van der Waals surface area contributed by atoms with E-state index < -0.39 is 17.6 Å². The summed E-state index contributed by atoms with van der Waals surface area (Å²) in [5, 5.41) is 0.840. The number of amides is 3. The lowest BCUT2D eigenvalue weighted by Crippen LogP contribution is -2.40. The van der Waals surface area contributed by atoms with Crippen molar-refractivity contribution in [2.45, 2.75) is 39.2 Å². The van der Waals surface area contributed by atoms with Crippen LogP contribution in [0.3, 0.4) is 0 Å². The van der Waals surface area contributed by atoms with Crippen molar-refractivity contribution in [3.8, 4) is 0 Å². The molecule has 3 amide bonds. The monoisotopic (exact) mass is 467 g/mol. The molecule has 2 aromatic carbocycles. The third-order valence-corrected chi connectivity index (χ3v) is 5.13. The molecule has 0 spiro atoms. The predicted molar refractivity (Wildman–Crippen MR) is 130 cm³/mol. The van der Waals surface area contributed by atoms with Crippen LogP contribution in [0.5, 0.6) is 0 Å². The first-order valence-corrected chi connectivity index (χ1v) is 11.0. The topological polar surface area (TPSA) is 123 Å². The summed E-state index contributed by atoms with van der Waals surface area (Å²) in [4.78, 5) is 51.3. The minimum atomic E-state index is -0.687. The van der Waals surface area contributed by atoms with Gasteiger partial charge in [-0.1, -0.05) is 12.1 Å². The Morgan fingerprint density at radius 1 is 1.03 bits per heavy atom. The number of carbonyl (C=O) groups excluding carboxylic acids is 3. The number of fused-ring (bicyclic) bond motifs is 2. The summed E-state index contributed by atoms with van der Waals surface area (Å²) in [6, 6.07) is 12.0. The molecule has 3 aromatic rings. The average molecular weight is 468 g/mol. The van der Waals surface area contributed by atoms with E-state index in [2.05, 4.69) is 0 Å². The Morgan fingerprint density at radius 3 is 2.41 bits per heavy atom. The molecule has 0 aliphatic heterocycles. The summed E-state index contributed by atoms with van der Waals surface area (Å²) >= 11 is 0. The van der Waals surface area contributed by atoms with Crippen LogP contribution in [0, 0.1) is 0 Å². The van der Waals surface area contributed by atoms with Crippen LogP contribution in [0.1, 0.15) is 33.6 Å². The van der Waals surface area contributed by atoms with E-state index in [1.165, 1.54) is 9.80 Å². The number of hydrogen-bond acceptors (Lipinski definition) is 6. The Hall–Kier alpha value is -3.88. The minimum Gasteiger partial charge on any atom is -0.456 e. The third kappa shape index (κ3) is 6.12. The maximum atomic E-state index is 12.9. The maximum Gasteiger partial charge on any atom is 0.410 e.